The molecule has 10 atom stereocenters. The van der Waals surface area contributed by atoms with Crippen molar-refractivity contribution in [1.29, 1.82) is 0 Å². The topological polar surface area (TPSA) is 43.7 Å². The predicted octanol–water partition coefficient (Wildman–Crippen LogP) is 3.93. The van der Waals surface area contributed by atoms with Crippen LogP contribution in [0.4, 0.5) is 0 Å². The monoisotopic (exact) mass is 363 g/mol. The molecule has 4 rings (SSSR count). The molecular weight excluding hydrogens is 322 g/mol. The first-order valence-electron chi connectivity index (χ1n) is 11.2. The highest BCUT2D eigenvalue weighted by Gasteiger charge is 2.62. The second-order valence-corrected chi connectivity index (χ2v) is 11.1. The van der Waals surface area contributed by atoms with E-state index < -0.39 is 12.2 Å². The van der Waals surface area contributed by atoms with Gasteiger partial charge in [-0.15, -0.1) is 0 Å². The normalized spacial score (nSPS) is 55.2. The maximum Gasteiger partial charge on any atom is 0.0832 e. The van der Waals surface area contributed by atoms with Gasteiger partial charge in [0.1, 0.15) is 0 Å². The van der Waals surface area contributed by atoms with Gasteiger partial charge in [0.15, 0.2) is 0 Å². The van der Waals surface area contributed by atoms with E-state index in [0.717, 1.165) is 42.9 Å². The van der Waals surface area contributed by atoms with Crippen LogP contribution in [0.5, 0.6) is 0 Å². The molecule has 0 bridgehead atoms. The summed E-state index contributed by atoms with van der Waals surface area (Å²) in [6.45, 7) is 7.50. The molecule has 0 radical (unpaired) electrons. The summed E-state index contributed by atoms with van der Waals surface area (Å²) in [5.74, 6) is 3.62. The first-order chi connectivity index (χ1) is 12.2. The third-order valence-electron chi connectivity index (χ3n) is 10.2. The lowest BCUT2D eigenvalue weighted by molar-refractivity contribution is -0.174. The average molecular weight is 364 g/mol. The van der Waals surface area contributed by atoms with E-state index in [1.807, 2.05) is 0 Å². The van der Waals surface area contributed by atoms with E-state index >= 15 is 0 Å². The molecule has 0 saturated heterocycles. The van der Waals surface area contributed by atoms with Gasteiger partial charge < -0.3 is 15.1 Å². The van der Waals surface area contributed by atoms with Crippen molar-refractivity contribution in [2.75, 3.05) is 14.1 Å². The maximum atomic E-state index is 10.7. The van der Waals surface area contributed by atoms with Gasteiger partial charge in [-0.3, -0.25) is 0 Å². The van der Waals surface area contributed by atoms with E-state index in [4.69, 9.17) is 0 Å². The van der Waals surface area contributed by atoms with Crippen LogP contribution in [0.25, 0.3) is 0 Å². The standard InChI is InChI=1S/C23H41NO2/c1-14(24(4)5)16-8-9-17-15-6-7-19-21(26)20(25)11-13-23(19,3)18(15)10-12-22(16,17)2/h14-21,25-26H,6-13H2,1-5H3/t14-,15-,16-,17-,18+,19+,20+,21+,22-,23-/m1/s1. The number of aliphatic hydroxyl groups is 2. The summed E-state index contributed by atoms with van der Waals surface area (Å²) in [5.41, 5.74) is 0.745. The van der Waals surface area contributed by atoms with Gasteiger partial charge in [-0.2, -0.15) is 0 Å². The molecule has 4 aliphatic rings. The second kappa shape index (κ2) is 6.46. The van der Waals surface area contributed by atoms with Crippen LogP contribution in [-0.2, 0) is 0 Å². The highest BCUT2D eigenvalue weighted by molar-refractivity contribution is 5.11. The lowest BCUT2D eigenvalue weighted by atomic mass is 9.44. The van der Waals surface area contributed by atoms with Crippen LogP contribution in [-0.4, -0.2) is 47.5 Å². The Labute approximate surface area is 160 Å². The fourth-order valence-corrected chi connectivity index (χ4v) is 8.51. The molecule has 4 fully saturated rings. The predicted molar refractivity (Wildman–Crippen MR) is 106 cm³/mol. The summed E-state index contributed by atoms with van der Waals surface area (Å²) in [5, 5.41) is 20.9. The van der Waals surface area contributed by atoms with Crippen LogP contribution in [0.3, 0.4) is 0 Å². The van der Waals surface area contributed by atoms with Gasteiger partial charge in [-0.1, -0.05) is 13.8 Å². The van der Waals surface area contributed by atoms with Crippen molar-refractivity contribution in [3.8, 4) is 0 Å². The molecule has 2 N–H and O–H groups in total. The van der Waals surface area contributed by atoms with Crippen molar-refractivity contribution in [3.63, 3.8) is 0 Å². The highest BCUT2D eigenvalue weighted by atomic mass is 16.3. The molecule has 26 heavy (non-hydrogen) atoms. The molecule has 4 aliphatic carbocycles. The zero-order valence-corrected chi connectivity index (χ0v) is 17.6. The maximum absolute atomic E-state index is 10.7. The summed E-state index contributed by atoms with van der Waals surface area (Å²) in [6, 6.07) is 0.667. The van der Waals surface area contributed by atoms with Gasteiger partial charge in [-0.25, -0.2) is 0 Å². The zero-order valence-electron chi connectivity index (χ0n) is 17.6. The summed E-state index contributed by atoms with van der Waals surface area (Å²) in [7, 11) is 4.49. The summed E-state index contributed by atoms with van der Waals surface area (Å²) >= 11 is 0. The van der Waals surface area contributed by atoms with Gasteiger partial charge in [0, 0.05) is 6.04 Å². The molecule has 4 saturated carbocycles. The van der Waals surface area contributed by atoms with Crippen molar-refractivity contribution in [1.82, 2.24) is 4.90 Å². The number of nitrogens with zero attached hydrogens (tertiary/aromatic N) is 1. The molecule has 0 amide bonds. The van der Waals surface area contributed by atoms with Crippen molar-refractivity contribution in [2.45, 2.75) is 90.4 Å². The first kappa shape index (κ1) is 19.2. The van der Waals surface area contributed by atoms with E-state index in [1.165, 1.54) is 32.1 Å². The van der Waals surface area contributed by atoms with E-state index in [-0.39, 0.29) is 5.41 Å². The number of aliphatic hydroxyl groups excluding tert-OH is 2. The van der Waals surface area contributed by atoms with Crippen molar-refractivity contribution < 1.29 is 10.2 Å². The third-order valence-corrected chi connectivity index (χ3v) is 10.2. The van der Waals surface area contributed by atoms with E-state index in [9.17, 15) is 10.2 Å². The van der Waals surface area contributed by atoms with Crippen LogP contribution < -0.4 is 0 Å². The number of hydrogen-bond acceptors (Lipinski definition) is 3. The largest absolute Gasteiger partial charge is 0.390 e. The molecule has 3 nitrogen and oxygen atoms in total. The Balaban J connectivity index is 1.59. The van der Waals surface area contributed by atoms with Crippen LogP contribution in [0, 0.1) is 40.4 Å². The van der Waals surface area contributed by atoms with Gasteiger partial charge >= 0.3 is 0 Å². The Morgan fingerprint density at radius 1 is 0.808 bits per heavy atom. The van der Waals surface area contributed by atoms with Crippen molar-refractivity contribution in [2.24, 2.45) is 40.4 Å². The zero-order chi connectivity index (χ0) is 18.9. The van der Waals surface area contributed by atoms with Gasteiger partial charge in [0.25, 0.3) is 0 Å². The Morgan fingerprint density at radius 2 is 1.42 bits per heavy atom. The lowest BCUT2D eigenvalue weighted by Gasteiger charge is -2.62. The molecule has 3 heteroatoms. The Kier molecular flexibility index (Phi) is 4.77. The smallest absolute Gasteiger partial charge is 0.0832 e. The van der Waals surface area contributed by atoms with E-state index in [2.05, 4.69) is 39.8 Å². The molecular formula is C23H41NO2. The lowest BCUT2D eigenvalue weighted by Crippen LogP contribution is -2.58. The number of hydrogen-bond donors (Lipinski definition) is 2. The fraction of sp³-hybridized carbons (Fsp3) is 1.00. The van der Waals surface area contributed by atoms with Crippen molar-refractivity contribution in [3.05, 3.63) is 0 Å². The Bertz CT molecular complexity index is 536. The summed E-state index contributed by atoms with van der Waals surface area (Å²) in [6.07, 6.45) is 8.82. The second-order valence-electron chi connectivity index (χ2n) is 11.1. The molecule has 0 aliphatic heterocycles. The van der Waals surface area contributed by atoms with Gasteiger partial charge in [0.05, 0.1) is 12.2 Å². The Morgan fingerprint density at radius 3 is 2.12 bits per heavy atom. The van der Waals surface area contributed by atoms with Gasteiger partial charge in [-0.05, 0) is 113 Å². The van der Waals surface area contributed by atoms with Gasteiger partial charge in [0.2, 0.25) is 0 Å². The van der Waals surface area contributed by atoms with Crippen LogP contribution in [0.15, 0.2) is 0 Å². The molecule has 0 aromatic carbocycles. The first-order valence-corrected chi connectivity index (χ1v) is 11.2. The fourth-order valence-electron chi connectivity index (χ4n) is 8.51. The van der Waals surface area contributed by atoms with Crippen molar-refractivity contribution >= 4 is 0 Å². The minimum Gasteiger partial charge on any atom is -0.390 e. The summed E-state index contributed by atoms with van der Waals surface area (Å²) in [4.78, 5) is 2.43. The quantitative estimate of drug-likeness (QED) is 0.781. The summed E-state index contributed by atoms with van der Waals surface area (Å²) < 4.78 is 0. The van der Waals surface area contributed by atoms with E-state index in [0.29, 0.717) is 17.4 Å². The minimum absolute atomic E-state index is 0.244. The third kappa shape index (κ3) is 2.56. The SMILES string of the molecule is C[C@H]([C@H]1CC[C@@H]2[C@H]3CC[C@H]4[C@H](O)[C@@H](O)CC[C@]4(C)[C@H]3CC[C@@]21C)N(C)C. The molecule has 0 unspecified atom stereocenters. The average Bonchev–Trinajstić information content (AvgIpc) is 2.95. The molecule has 150 valence electrons. The molecule has 0 spiro atoms. The number of fused-ring (bicyclic) bond motifs is 5. The van der Waals surface area contributed by atoms with Crippen LogP contribution in [0.1, 0.15) is 72.1 Å². The Hall–Kier alpha value is -0.120. The molecule has 0 aromatic rings. The molecule has 0 heterocycles. The van der Waals surface area contributed by atoms with E-state index in [1.54, 1.807) is 0 Å². The highest BCUT2D eigenvalue weighted by Crippen LogP contribution is 2.67. The minimum atomic E-state index is -0.493. The van der Waals surface area contributed by atoms with Crippen LogP contribution >= 0.6 is 0 Å². The number of rotatable bonds is 2. The van der Waals surface area contributed by atoms with Crippen LogP contribution in [0.2, 0.25) is 0 Å². The molecule has 0 aromatic heterocycles.